The average molecular weight is 338 g/mol. The SMILES string of the molecule is Cc1cnn(C[C@H]2CCCCN2C(=O)Cn2nnc3ccccc32)c1. The van der Waals surface area contributed by atoms with E-state index in [4.69, 9.17) is 0 Å². The minimum Gasteiger partial charge on any atom is -0.336 e. The van der Waals surface area contributed by atoms with E-state index in [0.717, 1.165) is 48.9 Å². The Bertz CT molecular complexity index is 882. The number of piperidine rings is 1. The third-order valence-corrected chi connectivity index (χ3v) is 4.81. The monoisotopic (exact) mass is 338 g/mol. The van der Waals surface area contributed by atoms with Crippen molar-refractivity contribution in [3.8, 4) is 0 Å². The number of carbonyl (C=O) groups is 1. The minimum atomic E-state index is 0.101. The first-order valence-electron chi connectivity index (χ1n) is 8.77. The number of benzene rings is 1. The number of aryl methyl sites for hydroxylation is 1. The lowest BCUT2D eigenvalue weighted by Crippen LogP contribution is -2.47. The zero-order valence-electron chi connectivity index (χ0n) is 14.4. The third kappa shape index (κ3) is 3.26. The molecule has 0 aliphatic carbocycles. The van der Waals surface area contributed by atoms with Gasteiger partial charge in [-0.2, -0.15) is 5.10 Å². The van der Waals surface area contributed by atoms with Crippen LogP contribution in [0.25, 0.3) is 11.0 Å². The molecule has 0 unspecified atom stereocenters. The molecule has 3 aromatic rings. The molecule has 1 amide bonds. The van der Waals surface area contributed by atoms with Gasteiger partial charge in [0.05, 0.1) is 24.3 Å². The molecular formula is C18H22N6O. The van der Waals surface area contributed by atoms with Crippen molar-refractivity contribution < 1.29 is 4.79 Å². The van der Waals surface area contributed by atoms with Gasteiger partial charge in [0.25, 0.3) is 0 Å². The van der Waals surface area contributed by atoms with E-state index in [1.54, 1.807) is 4.68 Å². The van der Waals surface area contributed by atoms with Gasteiger partial charge in [0.1, 0.15) is 12.1 Å². The van der Waals surface area contributed by atoms with E-state index >= 15 is 0 Å². The number of para-hydroxylation sites is 1. The highest BCUT2D eigenvalue weighted by Gasteiger charge is 2.27. The Hall–Kier alpha value is -2.70. The molecule has 1 saturated heterocycles. The van der Waals surface area contributed by atoms with Crippen LogP contribution in [-0.4, -0.2) is 48.2 Å². The topological polar surface area (TPSA) is 68.8 Å². The van der Waals surface area contributed by atoms with Gasteiger partial charge in [0.2, 0.25) is 5.91 Å². The molecule has 0 saturated carbocycles. The highest BCUT2D eigenvalue weighted by atomic mass is 16.2. The van der Waals surface area contributed by atoms with E-state index < -0.39 is 0 Å². The largest absolute Gasteiger partial charge is 0.336 e. The molecule has 3 heterocycles. The first-order chi connectivity index (χ1) is 12.2. The summed E-state index contributed by atoms with van der Waals surface area (Å²) >= 11 is 0. The fourth-order valence-electron chi connectivity index (χ4n) is 3.55. The van der Waals surface area contributed by atoms with E-state index in [9.17, 15) is 4.79 Å². The van der Waals surface area contributed by atoms with Crippen LogP contribution in [-0.2, 0) is 17.9 Å². The van der Waals surface area contributed by atoms with Crippen LogP contribution in [0, 0.1) is 6.92 Å². The van der Waals surface area contributed by atoms with Crippen LogP contribution in [0.15, 0.2) is 36.7 Å². The molecule has 1 aliphatic heterocycles. The molecule has 0 spiro atoms. The number of amides is 1. The maximum Gasteiger partial charge on any atom is 0.244 e. The van der Waals surface area contributed by atoms with Crippen molar-refractivity contribution in [2.24, 2.45) is 0 Å². The summed E-state index contributed by atoms with van der Waals surface area (Å²) in [6.07, 6.45) is 7.11. The highest BCUT2D eigenvalue weighted by Crippen LogP contribution is 2.20. The summed E-state index contributed by atoms with van der Waals surface area (Å²) < 4.78 is 3.64. The molecule has 1 aliphatic rings. The van der Waals surface area contributed by atoms with Gasteiger partial charge in [-0.25, -0.2) is 4.68 Å². The van der Waals surface area contributed by atoms with Gasteiger partial charge in [-0.3, -0.25) is 9.48 Å². The van der Waals surface area contributed by atoms with Crippen molar-refractivity contribution >= 4 is 16.9 Å². The maximum atomic E-state index is 12.9. The molecule has 4 rings (SSSR count). The number of hydrogen-bond acceptors (Lipinski definition) is 4. The van der Waals surface area contributed by atoms with Crippen molar-refractivity contribution in [1.82, 2.24) is 29.7 Å². The first-order valence-corrected chi connectivity index (χ1v) is 8.77. The van der Waals surface area contributed by atoms with Crippen LogP contribution in [0.2, 0.25) is 0 Å². The van der Waals surface area contributed by atoms with Gasteiger partial charge in [-0.05, 0) is 43.9 Å². The van der Waals surface area contributed by atoms with Crippen LogP contribution in [0.5, 0.6) is 0 Å². The van der Waals surface area contributed by atoms with Crippen LogP contribution in [0.4, 0.5) is 0 Å². The van der Waals surface area contributed by atoms with Gasteiger partial charge >= 0.3 is 0 Å². The Labute approximate surface area is 146 Å². The van der Waals surface area contributed by atoms with Crippen LogP contribution >= 0.6 is 0 Å². The number of aromatic nitrogens is 5. The molecule has 0 radical (unpaired) electrons. The first kappa shape index (κ1) is 15.8. The molecule has 130 valence electrons. The zero-order chi connectivity index (χ0) is 17.2. The molecule has 7 nitrogen and oxygen atoms in total. The van der Waals surface area contributed by atoms with Crippen LogP contribution in [0.1, 0.15) is 24.8 Å². The van der Waals surface area contributed by atoms with Crippen LogP contribution < -0.4 is 0 Å². The predicted octanol–water partition coefficient (Wildman–Crippen LogP) is 2.02. The van der Waals surface area contributed by atoms with Gasteiger partial charge in [-0.1, -0.05) is 17.3 Å². The molecular weight excluding hydrogens is 316 g/mol. The van der Waals surface area contributed by atoms with Crippen molar-refractivity contribution in [1.29, 1.82) is 0 Å². The molecule has 25 heavy (non-hydrogen) atoms. The highest BCUT2D eigenvalue weighted by molar-refractivity contribution is 5.80. The van der Waals surface area contributed by atoms with E-state index in [2.05, 4.69) is 15.4 Å². The second-order valence-corrected chi connectivity index (χ2v) is 6.71. The molecule has 0 N–H and O–H groups in total. The van der Waals surface area contributed by atoms with Gasteiger partial charge in [0, 0.05) is 12.7 Å². The number of rotatable bonds is 4. The fraction of sp³-hybridized carbons (Fsp3) is 0.444. The number of nitrogens with zero attached hydrogens (tertiary/aromatic N) is 6. The summed E-state index contributed by atoms with van der Waals surface area (Å²) in [6.45, 7) is 3.81. The summed E-state index contributed by atoms with van der Waals surface area (Å²) in [5, 5.41) is 12.7. The van der Waals surface area contributed by atoms with E-state index in [-0.39, 0.29) is 18.5 Å². The Balaban J connectivity index is 1.50. The summed E-state index contributed by atoms with van der Waals surface area (Å²) in [5.41, 5.74) is 2.85. The molecule has 7 heteroatoms. The second kappa shape index (κ2) is 6.66. The number of carbonyl (C=O) groups excluding carboxylic acids is 1. The smallest absolute Gasteiger partial charge is 0.244 e. The molecule has 0 bridgehead atoms. The van der Waals surface area contributed by atoms with Gasteiger partial charge in [0.15, 0.2) is 0 Å². The maximum absolute atomic E-state index is 12.9. The van der Waals surface area contributed by atoms with E-state index in [1.165, 1.54) is 0 Å². The number of hydrogen-bond donors (Lipinski definition) is 0. The molecule has 2 aromatic heterocycles. The average Bonchev–Trinajstić information content (AvgIpc) is 3.22. The Morgan fingerprint density at radius 3 is 3.00 bits per heavy atom. The Morgan fingerprint density at radius 1 is 1.28 bits per heavy atom. The molecule has 1 aromatic carbocycles. The second-order valence-electron chi connectivity index (χ2n) is 6.71. The van der Waals surface area contributed by atoms with E-state index in [0.29, 0.717) is 0 Å². The summed E-state index contributed by atoms with van der Waals surface area (Å²) in [5.74, 6) is 0.101. The standard InChI is InChI=1S/C18H22N6O/c1-14-10-19-22(11-14)12-15-6-4-5-9-23(15)18(25)13-24-17-8-3-2-7-16(17)20-21-24/h2-3,7-8,10-11,15H,4-6,9,12-13H2,1H3/t15-/m1/s1. The molecule has 1 fully saturated rings. The minimum absolute atomic E-state index is 0.101. The van der Waals surface area contributed by atoms with Crippen molar-refractivity contribution in [3.63, 3.8) is 0 Å². The summed E-state index contributed by atoms with van der Waals surface area (Å²) in [4.78, 5) is 14.9. The quantitative estimate of drug-likeness (QED) is 0.730. The molecule has 1 atom stereocenters. The lowest BCUT2D eigenvalue weighted by Gasteiger charge is -2.35. The lowest BCUT2D eigenvalue weighted by atomic mass is 10.0. The number of fused-ring (bicyclic) bond motifs is 1. The van der Waals surface area contributed by atoms with Crippen LogP contribution in [0.3, 0.4) is 0 Å². The summed E-state index contributed by atoms with van der Waals surface area (Å²) in [7, 11) is 0. The van der Waals surface area contributed by atoms with Crippen molar-refractivity contribution in [2.75, 3.05) is 6.54 Å². The Kier molecular flexibility index (Phi) is 4.21. The predicted molar refractivity (Wildman–Crippen MR) is 93.8 cm³/mol. The van der Waals surface area contributed by atoms with Crippen molar-refractivity contribution in [2.45, 2.75) is 45.3 Å². The normalized spacial score (nSPS) is 18.0. The third-order valence-electron chi connectivity index (χ3n) is 4.81. The fourth-order valence-corrected chi connectivity index (χ4v) is 3.55. The lowest BCUT2D eigenvalue weighted by molar-refractivity contribution is -0.136. The van der Waals surface area contributed by atoms with Gasteiger partial charge < -0.3 is 4.90 Å². The number of likely N-dealkylation sites (tertiary alicyclic amines) is 1. The summed E-state index contributed by atoms with van der Waals surface area (Å²) in [6, 6.07) is 7.91. The van der Waals surface area contributed by atoms with Crippen molar-refractivity contribution in [3.05, 3.63) is 42.2 Å². The zero-order valence-corrected chi connectivity index (χ0v) is 14.4. The van der Waals surface area contributed by atoms with Gasteiger partial charge in [-0.15, -0.1) is 5.10 Å². The Morgan fingerprint density at radius 2 is 2.16 bits per heavy atom. The van der Waals surface area contributed by atoms with E-state index in [1.807, 2.05) is 53.2 Å².